The van der Waals surface area contributed by atoms with E-state index in [-0.39, 0.29) is 43.3 Å². The number of benzene rings is 1. The van der Waals surface area contributed by atoms with E-state index in [1.165, 1.54) is 0 Å². The van der Waals surface area contributed by atoms with Crippen molar-refractivity contribution in [3.05, 3.63) is 33.8 Å². The lowest BCUT2D eigenvalue weighted by atomic mass is 9.83. The summed E-state index contributed by atoms with van der Waals surface area (Å²) < 4.78 is 10.6. The topological polar surface area (TPSA) is 138 Å². The number of esters is 1. The molecule has 246 valence electrons. The third-order valence-electron chi connectivity index (χ3n) is 7.89. The van der Waals surface area contributed by atoms with Crippen LogP contribution in [0.5, 0.6) is 0 Å². The predicted octanol–water partition coefficient (Wildman–Crippen LogP) is 3.56. The standard InChI is InChI=1S/C31H46Cl2N4O7/c1-5-43-29(41)22-8-6-7-9-26(22)36-13-15-37(16-14-36)28(40)25(18-20-10-11-21(32)19-23(20)33)34-27(39)24(12-17-38)35-30(42)44-31(2,3)4/h10-11,19,22,24-26,38H,5-9,12-18H2,1-4H3,(H,34,39)(H,35,42)/t22-,24?,25?,26-/m1/s1. The maximum Gasteiger partial charge on any atom is 0.408 e. The number of amides is 3. The average molecular weight is 658 g/mol. The molecule has 1 saturated heterocycles. The summed E-state index contributed by atoms with van der Waals surface area (Å²) >= 11 is 12.5. The minimum absolute atomic E-state index is 0.0709. The number of aliphatic hydroxyl groups is 1. The van der Waals surface area contributed by atoms with Crippen molar-refractivity contribution in [1.82, 2.24) is 20.4 Å². The molecule has 13 heteroatoms. The van der Waals surface area contributed by atoms with Crippen molar-refractivity contribution in [2.45, 2.75) is 89.9 Å². The van der Waals surface area contributed by atoms with Crippen LogP contribution in [0.15, 0.2) is 18.2 Å². The van der Waals surface area contributed by atoms with Gasteiger partial charge in [0.15, 0.2) is 0 Å². The van der Waals surface area contributed by atoms with E-state index < -0.39 is 29.7 Å². The van der Waals surface area contributed by atoms with Gasteiger partial charge in [-0.05, 0) is 64.7 Å². The Labute approximate surface area is 269 Å². The Morgan fingerprint density at radius 1 is 1.02 bits per heavy atom. The summed E-state index contributed by atoms with van der Waals surface area (Å²) in [6.07, 6.45) is 2.94. The molecule has 2 fully saturated rings. The number of halogens is 2. The molecule has 1 aromatic rings. The third-order valence-corrected chi connectivity index (χ3v) is 8.48. The molecule has 3 amide bonds. The van der Waals surface area contributed by atoms with Crippen LogP contribution in [0.25, 0.3) is 0 Å². The molecular formula is C31H46Cl2N4O7. The van der Waals surface area contributed by atoms with Gasteiger partial charge >= 0.3 is 12.1 Å². The molecular weight excluding hydrogens is 611 g/mol. The van der Waals surface area contributed by atoms with Gasteiger partial charge in [0.05, 0.1) is 12.5 Å². The fraction of sp³-hybridized carbons (Fsp3) is 0.677. The zero-order valence-electron chi connectivity index (χ0n) is 26.1. The second-order valence-corrected chi connectivity index (χ2v) is 13.1. The quantitative estimate of drug-likeness (QED) is 0.308. The number of nitrogens with zero attached hydrogens (tertiary/aromatic N) is 2. The highest BCUT2D eigenvalue weighted by Crippen LogP contribution is 2.30. The number of carbonyl (C=O) groups is 4. The highest BCUT2D eigenvalue weighted by molar-refractivity contribution is 6.35. The van der Waals surface area contributed by atoms with Crippen molar-refractivity contribution in [3.8, 4) is 0 Å². The lowest BCUT2D eigenvalue weighted by molar-refractivity contribution is -0.153. The maximum atomic E-state index is 13.9. The summed E-state index contributed by atoms with van der Waals surface area (Å²) in [5.74, 6) is -1.26. The molecule has 4 atom stereocenters. The van der Waals surface area contributed by atoms with E-state index in [1.807, 2.05) is 6.92 Å². The highest BCUT2D eigenvalue weighted by atomic mass is 35.5. The zero-order valence-corrected chi connectivity index (χ0v) is 27.6. The van der Waals surface area contributed by atoms with Gasteiger partial charge in [-0.15, -0.1) is 0 Å². The third kappa shape index (κ3) is 10.5. The van der Waals surface area contributed by atoms with E-state index in [0.717, 1.165) is 25.7 Å². The monoisotopic (exact) mass is 656 g/mol. The number of hydrogen-bond donors (Lipinski definition) is 3. The molecule has 1 aromatic carbocycles. The first-order chi connectivity index (χ1) is 20.8. The Morgan fingerprint density at radius 3 is 2.32 bits per heavy atom. The Hall–Kier alpha value is -2.60. The summed E-state index contributed by atoms with van der Waals surface area (Å²) in [4.78, 5) is 56.4. The van der Waals surface area contributed by atoms with Crippen molar-refractivity contribution in [3.63, 3.8) is 0 Å². The van der Waals surface area contributed by atoms with Gasteiger partial charge in [0.25, 0.3) is 0 Å². The maximum absolute atomic E-state index is 13.9. The Bertz CT molecular complexity index is 1150. The Morgan fingerprint density at radius 2 is 1.70 bits per heavy atom. The van der Waals surface area contributed by atoms with E-state index in [1.54, 1.807) is 43.9 Å². The summed E-state index contributed by atoms with van der Waals surface area (Å²) in [5.41, 5.74) is -0.170. The molecule has 1 saturated carbocycles. The number of hydrogen-bond acceptors (Lipinski definition) is 8. The minimum atomic E-state index is -1.13. The molecule has 3 rings (SSSR count). The number of rotatable bonds is 11. The van der Waals surface area contributed by atoms with Crippen molar-refractivity contribution >= 4 is 47.1 Å². The van der Waals surface area contributed by atoms with Gasteiger partial charge in [-0.1, -0.05) is 42.1 Å². The number of ether oxygens (including phenoxy) is 2. The van der Waals surface area contributed by atoms with E-state index in [0.29, 0.717) is 48.4 Å². The molecule has 0 radical (unpaired) electrons. The van der Waals surface area contributed by atoms with Gasteiger partial charge in [0.2, 0.25) is 11.8 Å². The number of piperazine rings is 1. The number of nitrogens with one attached hydrogen (secondary N) is 2. The molecule has 1 heterocycles. The molecule has 0 aromatic heterocycles. The number of aliphatic hydroxyl groups excluding tert-OH is 1. The SMILES string of the molecule is CCOC(=O)[C@@H]1CCCC[C@H]1N1CCN(C(=O)C(Cc2ccc(Cl)cc2Cl)NC(=O)C(CCO)NC(=O)OC(C)(C)C)CC1. The summed E-state index contributed by atoms with van der Waals surface area (Å²) in [7, 11) is 0. The molecule has 2 unspecified atom stereocenters. The van der Waals surface area contributed by atoms with Crippen LogP contribution in [0.4, 0.5) is 4.79 Å². The normalized spacial score (nSPS) is 20.8. The van der Waals surface area contributed by atoms with Crippen LogP contribution in [-0.2, 0) is 30.3 Å². The number of alkyl carbamates (subject to hydrolysis) is 1. The molecule has 0 spiro atoms. The van der Waals surface area contributed by atoms with E-state index in [2.05, 4.69) is 15.5 Å². The molecule has 11 nitrogen and oxygen atoms in total. The largest absolute Gasteiger partial charge is 0.466 e. The van der Waals surface area contributed by atoms with Gasteiger partial charge in [0, 0.05) is 55.3 Å². The average Bonchev–Trinajstić information content (AvgIpc) is 2.96. The molecule has 1 aliphatic carbocycles. The van der Waals surface area contributed by atoms with Crippen LogP contribution in [0.2, 0.25) is 10.0 Å². The molecule has 0 bridgehead atoms. The van der Waals surface area contributed by atoms with Gasteiger partial charge in [-0.2, -0.15) is 0 Å². The van der Waals surface area contributed by atoms with Crippen molar-refractivity contribution < 1.29 is 33.8 Å². The predicted molar refractivity (Wildman–Crippen MR) is 167 cm³/mol. The van der Waals surface area contributed by atoms with Crippen LogP contribution >= 0.6 is 23.2 Å². The minimum Gasteiger partial charge on any atom is -0.466 e. The van der Waals surface area contributed by atoms with Crippen LogP contribution in [0, 0.1) is 5.92 Å². The Kier molecular flexibility index (Phi) is 13.6. The van der Waals surface area contributed by atoms with Crippen LogP contribution in [0.1, 0.15) is 65.4 Å². The number of carbonyl (C=O) groups excluding carboxylic acids is 4. The molecule has 2 aliphatic rings. The van der Waals surface area contributed by atoms with Gasteiger partial charge in [-0.3, -0.25) is 19.3 Å². The first-order valence-corrected chi connectivity index (χ1v) is 16.1. The Balaban J connectivity index is 1.74. The second-order valence-electron chi connectivity index (χ2n) is 12.3. The highest BCUT2D eigenvalue weighted by Gasteiger charge is 2.38. The van der Waals surface area contributed by atoms with E-state index >= 15 is 0 Å². The second kappa shape index (κ2) is 16.6. The van der Waals surface area contributed by atoms with Crippen molar-refractivity contribution in [1.29, 1.82) is 0 Å². The zero-order chi connectivity index (χ0) is 32.4. The summed E-state index contributed by atoms with van der Waals surface area (Å²) in [5, 5.41) is 15.7. The van der Waals surface area contributed by atoms with Crippen molar-refractivity contribution in [2.75, 3.05) is 39.4 Å². The lowest BCUT2D eigenvalue weighted by Gasteiger charge is -2.44. The lowest BCUT2D eigenvalue weighted by Crippen LogP contribution is -2.60. The molecule has 44 heavy (non-hydrogen) atoms. The first kappa shape index (κ1) is 35.9. The van der Waals surface area contributed by atoms with Gasteiger partial charge < -0.3 is 30.1 Å². The van der Waals surface area contributed by atoms with Crippen molar-refractivity contribution in [2.24, 2.45) is 5.92 Å². The van der Waals surface area contributed by atoms with Gasteiger partial charge in [-0.25, -0.2) is 4.79 Å². The van der Waals surface area contributed by atoms with Gasteiger partial charge in [0.1, 0.15) is 17.7 Å². The fourth-order valence-corrected chi connectivity index (χ4v) is 6.28. The fourth-order valence-electron chi connectivity index (χ4n) is 5.79. The summed E-state index contributed by atoms with van der Waals surface area (Å²) in [6, 6.07) is 2.88. The van der Waals surface area contributed by atoms with Crippen LogP contribution < -0.4 is 10.6 Å². The molecule has 3 N–H and O–H groups in total. The summed E-state index contributed by atoms with van der Waals surface area (Å²) in [6.45, 7) is 8.89. The van der Waals surface area contributed by atoms with Crippen LogP contribution in [-0.4, -0.2) is 102 Å². The molecule has 1 aliphatic heterocycles. The first-order valence-electron chi connectivity index (χ1n) is 15.4. The van der Waals surface area contributed by atoms with E-state index in [9.17, 15) is 24.3 Å². The smallest absolute Gasteiger partial charge is 0.408 e. The van der Waals surface area contributed by atoms with Crippen LogP contribution in [0.3, 0.4) is 0 Å². The van der Waals surface area contributed by atoms with E-state index in [4.69, 9.17) is 32.7 Å².